The second kappa shape index (κ2) is 13.4. The average Bonchev–Trinajstić information content (AvgIpc) is 3.54. The lowest BCUT2D eigenvalue weighted by Crippen LogP contribution is -2.41. The molecule has 3 rings (SSSR count). The maximum Gasteiger partial charge on any atom is 0.341 e. The van der Waals surface area contributed by atoms with Crippen LogP contribution in [0.5, 0.6) is 0 Å². The van der Waals surface area contributed by atoms with Gasteiger partial charge in [0.05, 0.1) is 42.6 Å². The molecular weight excluding hydrogens is 396 g/mol. The van der Waals surface area contributed by atoms with Gasteiger partial charge in [-0.25, -0.2) is 16.1 Å². The van der Waals surface area contributed by atoms with Crippen LogP contribution in [0.2, 0.25) is 0 Å². The number of nitrogen functional groups attached to an aromatic ring is 1. The van der Waals surface area contributed by atoms with E-state index in [1.165, 1.54) is 50.8 Å². The van der Waals surface area contributed by atoms with E-state index in [9.17, 15) is 14.4 Å². The predicted molar refractivity (Wildman–Crippen MR) is 105 cm³/mol. The van der Waals surface area contributed by atoms with Gasteiger partial charge in [-0.1, -0.05) is 0 Å². The molecule has 11 nitrogen and oxygen atoms in total. The quantitative estimate of drug-likeness (QED) is 0.209. The lowest BCUT2D eigenvalue weighted by atomic mass is 10.3. The molecule has 3 aromatic heterocycles. The number of hydrazine groups is 2. The second-order valence-corrected chi connectivity index (χ2v) is 5.75. The van der Waals surface area contributed by atoms with Gasteiger partial charge in [-0.3, -0.25) is 20.4 Å². The van der Waals surface area contributed by atoms with Gasteiger partial charge in [0, 0.05) is 6.04 Å². The molecule has 0 saturated carbocycles. The van der Waals surface area contributed by atoms with Crippen LogP contribution in [0, 0.1) is 0 Å². The molecule has 0 bridgehead atoms. The molecule has 0 aliphatic rings. The molecule has 0 aromatic carbocycles. The van der Waals surface area contributed by atoms with Crippen molar-refractivity contribution in [3.05, 3.63) is 72.5 Å². The normalized spacial score (nSPS) is 9.50. The Bertz CT molecular complexity index is 811. The van der Waals surface area contributed by atoms with Crippen molar-refractivity contribution in [2.45, 2.75) is 19.9 Å². The molecule has 3 heterocycles. The highest BCUT2D eigenvalue weighted by Crippen LogP contribution is 2.00. The number of hydrogen-bond donors (Lipinski definition) is 4. The number of furan rings is 3. The van der Waals surface area contributed by atoms with Crippen molar-refractivity contribution in [1.29, 1.82) is 0 Å². The fourth-order valence-corrected chi connectivity index (χ4v) is 1.65. The largest absolute Gasteiger partial charge is 0.472 e. The molecule has 0 fully saturated rings. The zero-order valence-electron chi connectivity index (χ0n) is 16.7. The molecule has 11 heteroatoms. The van der Waals surface area contributed by atoms with Crippen molar-refractivity contribution in [2.24, 2.45) is 5.84 Å². The van der Waals surface area contributed by atoms with Crippen LogP contribution in [0.25, 0.3) is 0 Å². The monoisotopic (exact) mass is 420 g/mol. The van der Waals surface area contributed by atoms with Crippen LogP contribution in [0.15, 0.2) is 69.0 Å². The Labute approximate surface area is 172 Å². The summed E-state index contributed by atoms with van der Waals surface area (Å²) in [5, 5.41) is 0. The highest BCUT2D eigenvalue weighted by atomic mass is 16.5. The van der Waals surface area contributed by atoms with Crippen LogP contribution in [0.1, 0.15) is 44.9 Å². The molecule has 0 radical (unpaired) electrons. The molecule has 3 aromatic rings. The summed E-state index contributed by atoms with van der Waals surface area (Å²) >= 11 is 0. The third-order valence-corrected chi connectivity index (χ3v) is 3.11. The Morgan fingerprint density at radius 1 is 0.867 bits per heavy atom. The number of carbonyl (C=O) groups is 3. The van der Waals surface area contributed by atoms with Crippen LogP contribution in [-0.2, 0) is 4.74 Å². The third kappa shape index (κ3) is 8.91. The third-order valence-electron chi connectivity index (χ3n) is 3.11. The van der Waals surface area contributed by atoms with Crippen molar-refractivity contribution in [3.63, 3.8) is 0 Å². The van der Waals surface area contributed by atoms with E-state index in [2.05, 4.69) is 24.4 Å². The van der Waals surface area contributed by atoms with Gasteiger partial charge < -0.3 is 18.0 Å². The van der Waals surface area contributed by atoms with Gasteiger partial charge in [0.25, 0.3) is 11.8 Å². The molecule has 30 heavy (non-hydrogen) atoms. The van der Waals surface area contributed by atoms with E-state index in [0.29, 0.717) is 16.7 Å². The summed E-state index contributed by atoms with van der Waals surface area (Å²) in [4.78, 5) is 32.3. The Morgan fingerprint density at radius 2 is 1.33 bits per heavy atom. The van der Waals surface area contributed by atoms with E-state index in [-0.39, 0.29) is 23.8 Å². The maximum atomic E-state index is 11.2. The minimum atomic E-state index is -0.372. The van der Waals surface area contributed by atoms with Crippen molar-refractivity contribution >= 4 is 17.8 Å². The molecule has 2 amide bonds. The van der Waals surface area contributed by atoms with Crippen molar-refractivity contribution < 1.29 is 32.4 Å². The number of ether oxygens (including phenoxy) is 1. The summed E-state index contributed by atoms with van der Waals surface area (Å²) in [6.07, 6.45) is 8.35. The Balaban J connectivity index is 0.000000229. The zero-order chi connectivity index (χ0) is 22.4. The van der Waals surface area contributed by atoms with Crippen LogP contribution in [0.3, 0.4) is 0 Å². The summed E-state index contributed by atoms with van der Waals surface area (Å²) in [5.74, 6) is 3.92. The summed E-state index contributed by atoms with van der Waals surface area (Å²) < 4.78 is 18.4. The molecule has 0 aliphatic carbocycles. The van der Waals surface area contributed by atoms with Crippen LogP contribution in [0.4, 0.5) is 0 Å². The van der Waals surface area contributed by atoms with Gasteiger partial charge in [-0.05, 0) is 32.0 Å². The summed E-state index contributed by atoms with van der Waals surface area (Å²) in [6, 6.07) is 4.91. The minimum absolute atomic E-state index is 0.183. The van der Waals surface area contributed by atoms with Gasteiger partial charge in [-0.15, -0.1) is 0 Å². The SMILES string of the molecule is CC(C)NNC(=O)c1ccoc1.COC(=O)c1ccoc1.NNC(=O)c1ccoc1. The van der Waals surface area contributed by atoms with Crippen molar-refractivity contribution in [1.82, 2.24) is 16.3 Å². The van der Waals surface area contributed by atoms with E-state index in [1.807, 2.05) is 19.3 Å². The van der Waals surface area contributed by atoms with Crippen LogP contribution < -0.4 is 22.1 Å². The summed E-state index contributed by atoms with van der Waals surface area (Å²) in [7, 11) is 1.33. The molecular formula is C19H24N4O7. The standard InChI is InChI=1S/C8H12N2O2.C6H6O3.C5H6N2O2/c1-6(2)9-10-8(11)7-3-4-12-5-7;1-8-6(7)5-2-3-9-4-5;6-7-5(8)4-1-2-9-3-4/h3-6,9H,1-2H3,(H,10,11);2-4H,1H3;1-3H,6H2,(H,7,8). The van der Waals surface area contributed by atoms with Crippen LogP contribution >= 0.6 is 0 Å². The zero-order valence-corrected chi connectivity index (χ0v) is 16.7. The maximum absolute atomic E-state index is 11.2. The van der Waals surface area contributed by atoms with Gasteiger partial charge >= 0.3 is 5.97 Å². The van der Waals surface area contributed by atoms with Gasteiger partial charge in [0.1, 0.15) is 18.8 Å². The molecule has 0 saturated heterocycles. The predicted octanol–water partition coefficient (Wildman–Crippen LogP) is 1.87. The highest BCUT2D eigenvalue weighted by molar-refractivity contribution is 5.93. The Kier molecular flexibility index (Phi) is 10.8. The number of nitrogens with one attached hydrogen (secondary N) is 3. The lowest BCUT2D eigenvalue weighted by Gasteiger charge is -2.07. The highest BCUT2D eigenvalue weighted by Gasteiger charge is 2.05. The van der Waals surface area contributed by atoms with Crippen molar-refractivity contribution in [2.75, 3.05) is 7.11 Å². The number of amides is 2. The van der Waals surface area contributed by atoms with E-state index < -0.39 is 0 Å². The Hall–Kier alpha value is -3.83. The van der Waals surface area contributed by atoms with E-state index in [4.69, 9.17) is 10.3 Å². The molecule has 0 aliphatic heterocycles. The molecule has 0 atom stereocenters. The molecule has 0 spiro atoms. The Morgan fingerprint density at radius 3 is 1.70 bits per heavy atom. The fourth-order valence-electron chi connectivity index (χ4n) is 1.65. The van der Waals surface area contributed by atoms with Gasteiger partial charge in [0.15, 0.2) is 0 Å². The second-order valence-electron chi connectivity index (χ2n) is 5.75. The molecule has 5 N–H and O–H groups in total. The summed E-state index contributed by atoms with van der Waals surface area (Å²) in [5.41, 5.74) is 8.68. The lowest BCUT2D eigenvalue weighted by molar-refractivity contribution is 0.0599. The van der Waals surface area contributed by atoms with Gasteiger partial charge in [-0.2, -0.15) is 0 Å². The number of esters is 1. The minimum Gasteiger partial charge on any atom is -0.472 e. The number of carbonyl (C=O) groups excluding carboxylic acids is 3. The average molecular weight is 420 g/mol. The fraction of sp³-hybridized carbons (Fsp3) is 0.211. The summed E-state index contributed by atoms with van der Waals surface area (Å²) in [6.45, 7) is 3.88. The molecule has 0 unspecified atom stereocenters. The number of rotatable bonds is 5. The van der Waals surface area contributed by atoms with E-state index >= 15 is 0 Å². The first-order chi connectivity index (χ1) is 14.4. The van der Waals surface area contributed by atoms with Gasteiger partial charge in [0.2, 0.25) is 0 Å². The first-order valence-corrected chi connectivity index (χ1v) is 8.60. The van der Waals surface area contributed by atoms with E-state index in [1.54, 1.807) is 12.1 Å². The number of nitrogens with two attached hydrogens (primary N) is 1. The smallest absolute Gasteiger partial charge is 0.341 e. The topological polar surface area (TPSA) is 162 Å². The first kappa shape index (κ1) is 24.2. The molecule has 162 valence electrons. The van der Waals surface area contributed by atoms with Crippen molar-refractivity contribution in [3.8, 4) is 0 Å². The number of methoxy groups -OCH3 is 1. The first-order valence-electron chi connectivity index (χ1n) is 8.60. The van der Waals surface area contributed by atoms with Crippen LogP contribution in [-0.4, -0.2) is 30.9 Å². The van der Waals surface area contributed by atoms with E-state index in [0.717, 1.165) is 0 Å². The number of hydrogen-bond acceptors (Lipinski definition) is 9.